The van der Waals surface area contributed by atoms with Gasteiger partial charge in [-0.15, -0.1) is 0 Å². The fourth-order valence-electron chi connectivity index (χ4n) is 1.30. The first-order valence-corrected chi connectivity index (χ1v) is 4.79. The molecule has 82 valence electrons. The summed E-state index contributed by atoms with van der Waals surface area (Å²) in [7, 11) is 3.24. The fourth-order valence-corrected chi connectivity index (χ4v) is 1.30. The van der Waals surface area contributed by atoms with Crippen LogP contribution in [0.15, 0.2) is 18.5 Å². The molecule has 4 nitrogen and oxygen atoms in total. The molecule has 1 atom stereocenters. The number of likely N-dealkylation sites (N-methyl/N-ethyl adjacent to an activating group) is 1. The molecule has 15 heavy (non-hydrogen) atoms. The quantitative estimate of drug-likeness (QED) is 0.753. The van der Waals surface area contributed by atoms with Crippen LogP contribution in [0, 0.1) is 6.92 Å². The van der Waals surface area contributed by atoms with Crippen molar-refractivity contribution in [2.24, 2.45) is 0 Å². The van der Waals surface area contributed by atoms with Gasteiger partial charge in [-0.1, -0.05) is 0 Å². The van der Waals surface area contributed by atoms with Crippen molar-refractivity contribution in [3.8, 4) is 0 Å². The Morgan fingerprint density at radius 1 is 1.60 bits per heavy atom. The molecule has 0 unspecified atom stereocenters. The molecule has 0 spiro atoms. The van der Waals surface area contributed by atoms with Gasteiger partial charge in [-0.2, -0.15) is 0 Å². The Hall–Kier alpha value is -1.42. The summed E-state index contributed by atoms with van der Waals surface area (Å²) in [4.78, 5) is 17.4. The minimum absolute atomic E-state index is 0.0754. The zero-order chi connectivity index (χ0) is 11.4. The summed E-state index contributed by atoms with van der Waals surface area (Å²) in [5.41, 5.74) is 1.83. The van der Waals surface area contributed by atoms with Crippen molar-refractivity contribution in [1.82, 2.24) is 4.98 Å². The van der Waals surface area contributed by atoms with Gasteiger partial charge in [0.25, 0.3) is 5.91 Å². The second kappa shape index (κ2) is 4.89. The van der Waals surface area contributed by atoms with Crippen molar-refractivity contribution in [1.29, 1.82) is 0 Å². The predicted molar refractivity (Wildman–Crippen MR) is 58.9 cm³/mol. The molecule has 0 saturated carbocycles. The summed E-state index contributed by atoms with van der Waals surface area (Å²) in [5, 5.41) is 0. The zero-order valence-corrected chi connectivity index (χ0v) is 9.52. The number of carbonyl (C=O) groups is 1. The van der Waals surface area contributed by atoms with E-state index in [2.05, 4.69) is 4.98 Å². The average molecular weight is 208 g/mol. The molecule has 1 amide bonds. The van der Waals surface area contributed by atoms with Crippen LogP contribution in [0.2, 0.25) is 0 Å². The lowest BCUT2D eigenvalue weighted by atomic mass is 10.2. The lowest BCUT2D eigenvalue weighted by molar-refractivity contribution is -0.127. The molecule has 0 bridgehead atoms. The highest BCUT2D eigenvalue weighted by Gasteiger charge is 2.19. The Labute approximate surface area is 89.9 Å². The maximum Gasteiger partial charge on any atom is 0.255 e. The molecule has 1 rings (SSSR count). The lowest BCUT2D eigenvalue weighted by Gasteiger charge is -2.21. The zero-order valence-electron chi connectivity index (χ0n) is 9.52. The van der Waals surface area contributed by atoms with E-state index in [1.165, 1.54) is 7.11 Å². The van der Waals surface area contributed by atoms with Crippen LogP contribution in [-0.4, -0.2) is 31.2 Å². The molecule has 1 aromatic heterocycles. The van der Waals surface area contributed by atoms with Crippen LogP contribution in [0.25, 0.3) is 0 Å². The van der Waals surface area contributed by atoms with Gasteiger partial charge in [-0.25, -0.2) is 0 Å². The van der Waals surface area contributed by atoms with Crippen molar-refractivity contribution in [2.45, 2.75) is 20.0 Å². The summed E-state index contributed by atoms with van der Waals surface area (Å²) in [6.07, 6.45) is 2.95. The molecule has 0 saturated heterocycles. The van der Waals surface area contributed by atoms with Gasteiger partial charge in [-0.3, -0.25) is 9.78 Å². The number of methoxy groups -OCH3 is 1. The summed E-state index contributed by atoms with van der Waals surface area (Å²) in [6.45, 7) is 3.67. The van der Waals surface area contributed by atoms with Gasteiger partial charge in [-0.05, 0) is 25.5 Å². The maximum atomic E-state index is 11.8. The minimum Gasteiger partial charge on any atom is -0.372 e. The van der Waals surface area contributed by atoms with Crippen molar-refractivity contribution < 1.29 is 9.53 Å². The molecule has 4 heteroatoms. The number of hydrogen-bond donors (Lipinski definition) is 0. The van der Waals surface area contributed by atoms with Gasteiger partial charge in [0, 0.05) is 20.4 Å². The number of aryl methyl sites for hydroxylation is 1. The molecule has 0 aliphatic rings. The summed E-state index contributed by atoms with van der Waals surface area (Å²) < 4.78 is 4.98. The van der Waals surface area contributed by atoms with Gasteiger partial charge in [0.1, 0.15) is 6.10 Å². The maximum absolute atomic E-state index is 11.8. The third-order valence-electron chi connectivity index (χ3n) is 2.40. The lowest BCUT2D eigenvalue weighted by Crippen LogP contribution is -2.36. The van der Waals surface area contributed by atoms with Crippen LogP contribution in [0.5, 0.6) is 0 Å². The Morgan fingerprint density at radius 2 is 2.27 bits per heavy atom. The SMILES string of the molecule is CO[C@H](C)C(=O)N(C)c1cnccc1C. The number of aromatic nitrogens is 1. The Morgan fingerprint density at radius 3 is 2.80 bits per heavy atom. The Kier molecular flexibility index (Phi) is 3.80. The number of pyridine rings is 1. The number of amides is 1. The smallest absolute Gasteiger partial charge is 0.255 e. The third kappa shape index (κ3) is 2.53. The van der Waals surface area contributed by atoms with Crippen molar-refractivity contribution >= 4 is 11.6 Å². The molecule has 0 fully saturated rings. The van der Waals surface area contributed by atoms with Crippen molar-refractivity contribution in [2.75, 3.05) is 19.1 Å². The van der Waals surface area contributed by atoms with E-state index in [0.29, 0.717) is 0 Å². The molecular formula is C11H16N2O2. The van der Waals surface area contributed by atoms with E-state index in [1.807, 2.05) is 13.0 Å². The number of hydrogen-bond acceptors (Lipinski definition) is 3. The topological polar surface area (TPSA) is 42.4 Å². The van der Waals surface area contributed by atoms with Gasteiger partial charge in [0.2, 0.25) is 0 Å². The summed E-state index contributed by atoms with van der Waals surface area (Å²) in [5.74, 6) is -0.0754. The fraction of sp³-hybridized carbons (Fsp3) is 0.455. The summed E-state index contributed by atoms with van der Waals surface area (Å²) >= 11 is 0. The van der Waals surface area contributed by atoms with E-state index in [0.717, 1.165) is 11.3 Å². The molecule has 0 aliphatic carbocycles. The Bertz CT molecular complexity index is 352. The van der Waals surface area contributed by atoms with Crippen LogP contribution in [0.3, 0.4) is 0 Å². The highest BCUT2D eigenvalue weighted by molar-refractivity contribution is 5.96. The number of nitrogens with zero attached hydrogens (tertiary/aromatic N) is 2. The highest BCUT2D eigenvalue weighted by Crippen LogP contribution is 2.17. The molecule has 0 N–H and O–H groups in total. The van der Waals surface area contributed by atoms with Crippen LogP contribution in [-0.2, 0) is 9.53 Å². The predicted octanol–water partition coefficient (Wildman–Crippen LogP) is 1.39. The monoisotopic (exact) mass is 208 g/mol. The second-order valence-electron chi connectivity index (χ2n) is 3.44. The molecule has 0 aromatic carbocycles. The number of rotatable bonds is 3. The molecule has 0 aliphatic heterocycles. The first kappa shape index (κ1) is 11.7. The van der Waals surface area contributed by atoms with E-state index >= 15 is 0 Å². The van der Waals surface area contributed by atoms with E-state index in [1.54, 1.807) is 31.3 Å². The number of ether oxygens (including phenoxy) is 1. The van der Waals surface area contributed by atoms with Crippen LogP contribution < -0.4 is 4.90 Å². The van der Waals surface area contributed by atoms with Crippen molar-refractivity contribution in [3.63, 3.8) is 0 Å². The molecule has 0 radical (unpaired) electrons. The molecule has 1 aromatic rings. The number of carbonyl (C=O) groups excluding carboxylic acids is 1. The molecule has 1 heterocycles. The Balaban J connectivity index is 2.90. The van der Waals surface area contributed by atoms with Crippen LogP contribution >= 0.6 is 0 Å². The highest BCUT2D eigenvalue weighted by atomic mass is 16.5. The first-order valence-electron chi connectivity index (χ1n) is 4.79. The van der Waals surface area contributed by atoms with Gasteiger partial charge in [0.15, 0.2) is 0 Å². The third-order valence-corrected chi connectivity index (χ3v) is 2.40. The van der Waals surface area contributed by atoms with E-state index < -0.39 is 6.10 Å². The van der Waals surface area contributed by atoms with Crippen LogP contribution in [0.1, 0.15) is 12.5 Å². The van der Waals surface area contributed by atoms with Crippen molar-refractivity contribution in [3.05, 3.63) is 24.0 Å². The average Bonchev–Trinajstić information content (AvgIpc) is 2.26. The minimum atomic E-state index is -0.436. The largest absolute Gasteiger partial charge is 0.372 e. The van der Waals surface area contributed by atoms with Gasteiger partial charge in [0.05, 0.1) is 11.9 Å². The van der Waals surface area contributed by atoms with E-state index in [9.17, 15) is 4.79 Å². The molecular weight excluding hydrogens is 192 g/mol. The van der Waals surface area contributed by atoms with Gasteiger partial charge < -0.3 is 9.64 Å². The van der Waals surface area contributed by atoms with E-state index in [4.69, 9.17) is 4.74 Å². The second-order valence-corrected chi connectivity index (χ2v) is 3.44. The standard InChI is InChI=1S/C11H16N2O2/c1-8-5-6-12-7-10(8)13(3)11(14)9(2)15-4/h5-7,9H,1-4H3/t9-/m1/s1. The van der Waals surface area contributed by atoms with E-state index in [-0.39, 0.29) is 5.91 Å². The van der Waals surface area contributed by atoms with Gasteiger partial charge >= 0.3 is 0 Å². The normalized spacial score (nSPS) is 12.3. The first-order chi connectivity index (χ1) is 7.07. The number of anilines is 1. The van der Waals surface area contributed by atoms with Crippen LogP contribution in [0.4, 0.5) is 5.69 Å². The summed E-state index contributed by atoms with van der Waals surface area (Å²) in [6, 6.07) is 1.87.